The van der Waals surface area contributed by atoms with Crippen LogP contribution in [-0.2, 0) is 0 Å². The van der Waals surface area contributed by atoms with E-state index in [1.54, 1.807) is 0 Å². The van der Waals surface area contributed by atoms with Crippen molar-refractivity contribution in [1.29, 1.82) is 0 Å². The third-order valence-corrected chi connectivity index (χ3v) is 5.54. The molecule has 1 N–H and O–H groups in total. The molecular formula is C18H36N2. The summed E-state index contributed by atoms with van der Waals surface area (Å²) >= 11 is 0. The van der Waals surface area contributed by atoms with Gasteiger partial charge >= 0.3 is 0 Å². The second-order valence-corrected chi connectivity index (χ2v) is 7.47. The lowest BCUT2D eigenvalue weighted by atomic mass is 9.83. The largest absolute Gasteiger partial charge is 0.312 e. The molecule has 2 heteroatoms. The van der Waals surface area contributed by atoms with Crippen LogP contribution in [0.5, 0.6) is 0 Å². The number of nitrogens with zero attached hydrogens (tertiary/aromatic N) is 1. The zero-order valence-electron chi connectivity index (χ0n) is 14.0. The number of nitrogens with one attached hydrogen (secondary N) is 1. The van der Waals surface area contributed by atoms with Crippen molar-refractivity contribution in [3.05, 3.63) is 0 Å². The van der Waals surface area contributed by atoms with Crippen molar-refractivity contribution in [3.8, 4) is 0 Å². The summed E-state index contributed by atoms with van der Waals surface area (Å²) < 4.78 is 0. The molecule has 0 amide bonds. The Morgan fingerprint density at radius 1 is 1.05 bits per heavy atom. The second-order valence-electron chi connectivity index (χ2n) is 7.47. The van der Waals surface area contributed by atoms with Crippen molar-refractivity contribution in [2.45, 2.75) is 84.2 Å². The predicted molar refractivity (Wildman–Crippen MR) is 88.1 cm³/mol. The summed E-state index contributed by atoms with van der Waals surface area (Å²) in [4.78, 5) is 2.72. The van der Waals surface area contributed by atoms with E-state index in [1.165, 1.54) is 71.0 Å². The van der Waals surface area contributed by atoms with Gasteiger partial charge in [0.15, 0.2) is 0 Å². The van der Waals surface area contributed by atoms with Crippen LogP contribution in [0.2, 0.25) is 0 Å². The summed E-state index contributed by atoms with van der Waals surface area (Å²) in [5, 5.41) is 3.90. The van der Waals surface area contributed by atoms with Gasteiger partial charge in [0.2, 0.25) is 0 Å². The summed E-state index contributed by atoms with van der Waals surface area (Å²) in [6.45, 7) is 11.0. The smallest absolute Gasteiger partial charge is 0.0243 e. The summed E-state index contributed by atoms with van der Waals surface area (Å²) in [5.41, 5.74) is 0. The Labute approximate surface area is 126 Å². The lowest BCUT2D eigenvalue weighted by Crippen LogP contribution is -2.47. The van der Waals surface area contributed by atoms with Crippen LogP contribution in [0.1, 0.15) is 72.1 Å². The lowest BCUT2D eigenvalue weighted by molar-refractivity contribution is 0.173. The van der Waals surface area contributed by atoms with Gasteiger partial charge in [-0.05, 0) is 63.5 Å². The average Bonchev–Trinajstić information content (AvgIpc) is 2.95. The summed E-state index contributed by atoms with van der Waals surface area (Å²) in [6.07, 6.45) is 11.4. The quantitative estimate of drug-likeness (QED) is 0.756. The summed E-state index contributed by atoms with van der Waals surface area (Å²) in [5.74, 6) is 1.80. The van der Waals surface area contributed by atoms with Crippen LogP contribution in [0.3, 0.4) is 0 Å². The zero-order chi connectivity index (χ0) is 14.4. The molecule has 0 aromatic carbocycles. The molecule has 2 aliphatic rings. The molecule has 2 rings (SSSR count). The Bertz CT molecular complexity index is 250. The van der Waals surface area contributed by atoms with Gasteiger partial charge in [0.05, 0.1) is 0 Å². The minimum Gasteiger partial charge on any atom is -0.312 e. The first-order valence-corrected chi connectivity index (χ1v) is 9.18. The van der Waals surface area contributed by atoms with Gasteiger partial charge in [0, 0.05) is 18.6 Å². The molecule has 0 aromatic rings. The Morgan fingerprint density at radius 2 is 1.70 bits per heavy atom. The molecule has 0 aromatic heterocycles. The van der Waals surface area contributed by atoms with Crippen LogP contribution in [0.4, 0.5) is 0 Å². The maximum atomic E-state index is 3.90. The molecule has 1 saturated heterocycles. The molecule has 1 aliphatic heterocycles. The van der Waals surface area contributed by atoms with Gasteiger partial charge in [-0.25, -0.2) is 0 Å². The zero-order valence-corrected chi connectivity index (χ0v) is 14.0. The fourth-order valence-electron chi connectivity index (χ4n) is 4.21. The van der Waals surface area contributed by atoms with Gasteiger partial charge in [-0.1, -0.05) is 33.6 Å². The van der Waals surface area contributed by atoms with Crippen molar-refractivity contribution in [2.75, 3.05) is 19.6 Å². The second kappa shape index (κ2) is 8.38. The first-order valence-electron chi connectivity index (χ1n) is 9.18. The highest BCUT2D eigenvalue weighted by atomic mass is 15.2. The van der Waals surface area contributed by atoms with E-state index in [-0.39, 0.29) is 0 Å². The Hall–Kier alpha value is -0.0800. The highest BCUT2D eigenvalue weighted by Crippen LogP contribution is 2.28. The van der Waals surface area contributed by atoms with E-state index >= 15 is 0 Å². The third kappa shape index (κ3) is 4.73. The average molecular weight is 281 g/mol. The van der Waals surface area contributed by atoms with Crippen molar-refractivity contribution < 1.29 is 0 Å². The van der Waals surface area contributed by atoms with E-state index in [4.69, 9.17) is 0 Å². The first-order chi connectivity index (χ1) is 9.70. The highest BCUT2D eigenvalue weighted by Gasteiger charge is 2.26. The fourth-order valence-corrected chi connectivity index (χ4v) is 4.21. The molecule has 2 nitrogen and oxygen atoms in total. The van der Waals surface area contributed by atoms with Crippen LogP contribution in [0.25, 0.3) is 0 Å². The number of hydrogen-bond acceptors (Lipinski definition) is 2. The first kappa shape index (κ1) is 16.3. The van der Waals surface area contributed by atoms with E-state index in [0.717, 1.165) is 23.9 Å². The molecule has 1 saturated carbocycles. The molecule has 118 valence electrons. The maximum absolute atomic E-state index is 3.90. The summed E-state index contributed by atoms with van der Waals surface area (Å²) in [6, 6.07) is 1.55. The van der Waals surface area contributed by atoms with Gasteiger partial charge in [-0.3, -0.25) is 4.90 Å². The molecule has 1 unspecified atom stereocenters. The molecular weight excluding hydrogens is 244 g/mol. The van der Waals surface area contributed by atoms with Crippen molar-refractivity contribution >= 4 is 0 Å². The van der Waals surface area contributed by atoms with Gasteiger partial charge in [-0.15, -0.1) is 0 Å². The normalized spacial score (nSPS) is 30.0. The lowest BCUT2D eigenvalue weighted by Gasteiger charge is -2.35. The molecule has 1 heterocycles. The number of rotatable bonds is 7. The molecule has 2 fully saturated rings. The highest BCUT2D eigenvalue weighted by molar-refractivity contribution is 4.84. The van der Waals surface area contributed by atoms with E-state index in [0.29, 0.717) is 0 Å². The van der Waals surface area contributed by atoms with Crippen LogP contribution in [0.15, 0.2) is 0 Å². The topological polar surface area (TPSA) is 15.3 Å². The van der Waals surface area contributed by atoms with Gasteiger partial charge in [0.1, 0.15) is 0 Å². The Kier molecular flexibility index (Phi) is 6.83. The Balaban J connectivity index is 1.70. The molecule has 1 atom stereocenters. The minimum atomic E-state index is 0.755. The number of hydrogen-bond donors (Lipinski definition) is 1. The van der Waals surface area contributed by atoms with E-state index in [1.807, 2.05) is 0 Å². The van der Waals surface area contributed by atoms with Crippen molar-refractivity contribution in [3.63, 3.8) is 0 Å². The minimum absolute atomic E-state index is 0.755. The Morgan fingerprint density at radius 3 is 2.25 bits per heavy atom. The van der Waals surface area contributed by atoms with E-state index in [9.17, 15) is 0 Å². The van der Waals surface area contributed by atoms with E-state index in [2.05, 4.69) is 31.0 Å². The molecule has 1 aliphatic carbocycles. The third-order valence-electron chi connectivity index (χ3n) is 5.54. The van der Waals surface area contributed by atoms with Gasteiger partial charge in [-0.2, -0.15) is 0 Å². The monoisotopic (exact) mass is 280 g/mol. The molecule has 0 radical (unpaired) electrons. The predicted octanol–water partition coefficient (Wildman–Crippen LogP) is 4.06. The van der Waals surface area contributed by atoms with Gasteiger partial charge < -0.3 is 5.32 Å². The van der Waals surface area contributed by atoms with Crippen LogP contribution >= 0.6 is 0 Å². The molecule has 0 bridgehead atoms. The van der Waals surface area contributed by atoms with Crippen LogP contribution in [-0.4, -0.2) is 36.6 Å². The van der Waals surface area contributed by atoms with Gasteiger partial charge in [0.25, 0.3) is 0 Å². The SMILES string of the molecule is CCCC1CCC(NCC(C(C)C)N2CCCC2)CC1. The van der Waals surface area contributed by atoms with Crippen molar-refractivity contribution in [2.24, 2.45) is 11.8 Å². The van der Waals surface area contributed by atoms with Crippen LogP contribution < -0.4 is 5.32 Å². The molecule has 20 heavy (non-hydrogen) atoms. The number of likely N-dealkylation sites (tertiary alicyclic amines) is 1. The summed E-state index contributed by atoms with van der Waals surface area (Å²) in [7, 11) is 0. The molecule has 0 spiro atoms. The van der Waals surface area contributed by atoms with E-state index < -0.39 is 0 Å². The van der Waals surface area contributed by atoms with Crippen LogP contribution in [0, 0.1) is 11.8 Å². The fraction of sp³-hybridized carbons (Fsp3) is 1.00. The van der Waals surface area contributed by atoms with Crippen molar-refractivity contribution in [1.82, 2.24) is 10.2 Å². The maximum Gasteiger partial charge on any atom is 0.0243 e. The standard InChI is InChI=1S/C18H36N2/c1-4-7-16-8-10-17(11-9-16)19-14-18(15(2)3)20-12-5-6-13-20/h15-19H,4-14H2,1-3H3.